The molecule has 144 valence electrons. The predicted octanol–water partition coefficient (Wildman–Crippen LogP) is 3.16. The van der Waals surface area contributed by atoms with Crippen LogP contribution in [0.25, 0.3) is 0 Å². The molecule has 1 amide bonds. The zero-order chi connectivity index (χ0) is 18.4. The first-order valence-electron chi connectivity index (χ1n) is 9.48. The number of ether oxygens (including phenoxy) is 1. The number of piperazine rings is 1. The minimum atomic E-state index is -2.36. The van der Waals surface area contributed by atoms with E-state index in [4.69, 9.17) is 4.74 Å². The number of rotatable bonds is 6. The summed E-state index contributed by atoms with van der Waals surface area (Å²) in [5.74, 6) is 0.0380. The van der Waals surface area contributed by atoms with E-state index in [0.717, 1.165) is 39.1 Å². The average molecular weight is 358 g/mol. The highest BCUT2D eigenvalue weighted by Gasteiger charge is 2.47. The molecule has 0 saturated carbocycles. The van der Waals surface area contributed by atoms with Crippen molar-refractivity contribution in [1.29, 1.82) is 0 Å². The third-order valence-electron chi connectivity index (χ3n) is 5.94. The minimum absolute atomic E-state index is 0.0380. The van der Waals surface area contributed by atoms with E-state index in [9.17, 15) is 13.6 Å². The van der Waals surface area contributed by atoms with Crippen LogP contribution in [0, 0.1) is 10.8 Å². The van der Waals surface area contributed by atoms with Gasteiger partial charge < -0.3 is 9.64 Å². The number of carbonyl (C=O) groups is 1. The molecule has 3 rings (SSSR count). The lowest BCUT2D eigenvalue weighted by molar-refractivity contribution is -0.136. The van der Waals surface area contributed by atoms with Crippen LogP contribution < -0.4 is 0 Å². The minimum Gasteiger partial charge on any atom is -0.376 e. The largest absolute Gasteiger partial charge is 0.376 e. The highest BCUT2D eigenvalue weighted by atomic mass is 19.3. The fraction of sp³-hybridized carbons (Fsp3) is 0.947. The molecule has 0 N–H and O–H groups in total. The van der Waals surface area contributed by atoms with Crippen LogP contribution >= 0.6 is 0 Å². The van der Waals surface area contributed by atoms with E-state index >= 15 is 0 Å². The van der Waals surface area contributed by atoms with Gasteiger partial charge in [-0.05, 0) is 23.7 Å². The van der Waals surface area contributed by atoms with Crippen molar-refractivity contribution in [3.8, 4) is 0 Å². The zero-order valence-electron chi connectivity index (χ0n) is 15.9. The molecule has 0 aromatic rings. The van der Waals surface area contributed by atoms with Gasteiger partial charge in [0.25, 0.3) is 0 Å². The fourth-order valence-corrected chi connectivity index (χ4v) is 4.74. The van der Waals surface area contributed by atoms with Crippen LogP contribution in [0.15, 0.2) is 0 Å². The third-order valence-corrected chi connectivity index (χ3v) is 5.94. The van der Waals surface area contributed by atoms with Crippen LogP contribution in [0.4, 0.5) is 8.78 Å². The normalized spacial score (nSPS) is 32.1. The second-order valence-corrected chi connectivity index (χ2v) is 9.78. The maximum absolute atomic E-state index is 12.7. The van der Waals surface area contributed by atoms with Gasteiger partial charge in [0, 0.05) is 44.6 Å². The van der Waals surface area contributed by atoms with Gasteiger partial charge in [-0.3, -0.25) is 9.69 Å². The Labute approximate surface area is 149 Å². The van der Waals surface area contributed by atoms with Crippen LogP contribution in [0.2, 0.25) is 0 Å². The lowest BCUT2D eigenvalue weighted by atomic mass is 9.85. The van der Waals surface area contributed by atoms with Crippen molar-refractivity contribution in [2.75, 3.05) is 26.2 Å². The molecule has 4 nitrogen and oxygen atoms in total. The van der Waals surface area contributed by atoms with E-state index in [1.807, 2.05) is 4.90 Å². The molecule has 0 aliphatic carbocycles. The first kappa shape index (κ1) is 19.0. The van der Waals surface area contributed by atoms with Crippen molar-refractivity contribution < 1.29 is 18.3 Å². The summed E-state index contributed by atoms with van der Waals surface area (Å²) in [6, 6.07) is 0.647. The van der Waals surface area contributed by atoms with Gasteiger partial charge in [0.15, 0.2) is 0 Å². The second kappa shape index (κ2) is 6.76. The molecule has 3 aliphatic rings. The quantitative estimate of drug-likeness (QED) is 0.731. The molecular weight excluding hydrogens is 326 g/mol. The van der Waals surface area contributed by atoms with Gasteiger partial charge in [0.05, 0.1) is 12.7 Å². The highest BCUT2D eigenvalue weighted by Crippen LogP contribution is 2.37. The van der Waals surface area contributed by atoms with Crippen molar-refractivity contribution in [1.82, 2.24) is 9.80 Å². The average Bonchev–Trinajstić information content (AvgIpc) is 3.10. The molecule has 0 aromatic heterocycles. The molecule has 2 bridgehead atoms. The molecule has 3 fully saturated rings. The van der Waals surface area contributed by atoms with Crippen LogP contribution in [0.3, 0.4) is 0 Å². The smallest absolute Gasteiger partial charge is 0.239 e. The van der Waals surface area contributed by atoms with Crippen LogP contribution in [-0.4, -0.2) is 66.6 Å². The van der Waals surface area contributed by atoms with E-state index < -0.39 is 11.8 Å². The number of alkyl halides is 2. The first-order chi connectivity index (χ1) is 11.5. The van der Waals surface area contributed by atoms with Crippen LogP contribution in [0.5, 0.6) is 0 Å². The Kier molecular flexibility index (Phi) is 5.15. The summed E-state index contributed by atoms with van der Waals surface area (Å²) < 4.78 is 31.2. The monoisotopic (exact) mass is 358 g/mol. The molecule has 25 heavy (non-hydrogen) atoms. The molecule has 6 heteroatoms. The zero-order valence-corrected chi connectivity index (χ0v) is 15.9. The molecule has 0 aromatic carbocycles. The number of carbonyl (C=O) groups excluding carboxylic acids is 1. The van der Waals surface area contributed by atoms with Gasteiger partial charge in [-0.15, -0.1) is 0 Å². The van der Waals surface area contributed by atoms with Gasteiger partial charge in [-0.2, -0.15) is 0 Å². The molecule has 1 unspecified atom stereocenters. The number of fused-ring (bicyclic) bond motifs is 2. The summed E-state index contributed by atoms with van der Waals surface area (Å²) in [7, 11) is 0. The van der Waals surface area contributed by atoms with Gasteiger partial charge in [-0.1, -0.05) is 27.7 Å². The van der Waals surface area contributed by atoms with Crippen molar-refractivity contribution in [2.24, 2.45) is 10.8 Å². The first-order valence-corrected chi connectivity index (χ1v) is 9.48. The molecule has 3 atom stereocenters. The van der Waals surface area contributed by atoms with E-state index in [2.05, 4.69) is 18.7 Å². The lowest BCUT2D eigenvalue weighted by Crippen LogP contribution is -2.51. The Morgan fingerprint density at radius 1 is 1.28 bits per heavy atom. The summed E-state index contributed by atoms with van der Waals surface area (Å²) in [4.78, 5) is 17.0. The topological polar surface area (TPSA) is 32.8 Å². The number of hydrogen-bond donors (Lipinski definition) is 0. The Morgan fingerprint density at radius 2 is 2.00 bits per heavy atom. The maximum Gasteiger partial charge on any atom is 0.239 e. The SMILES string of the molecule is CC(C)(CC(=O)N1C[C@@H]2C[C@H]1CN2CC1CC(C)(C)CO1)CC(F)F. The van der Waals surface area contributed by atoms with Crippen molar-refractivity contribution >= 4 is 5.91 Å². The summed E-state index contributed by atoms with van der Waals surface area (Å²) in [6.45, 7) is 11.4. The van der Waals surface area contributed by atoms with Gasteiger partial charge in [-0.25, -0.2) is 8.78 Å². The standard InChI is InChI=1S/C19H32F2N2O2/c1-18(2,7-16(20)21)8-17(24)23-10-13-5-14(23)9-22(13)11-15-6-19(3,4)12-25-15/h13-16H,5-12H2,1-4H3/t13-,14-,15?/m0/s1. The number of amides is 1. The molecule has 3 aliphatic heterocycles. The number of likely N-dealkylation sites (tertiary alicyclic amines) is 2. The van der Waals surface area contributed by atoms with E-state index in [0.29, 0.717) is 12.1 Å². The molecule has 3 heterocycles. The lowest BCUT2D eigenvalue weighted by Gasteiger charge is -2.36. The Balaban J connectivity index is 1.49. The van der Waals surface area contributed by atoms with Crippen LogP contribution in [0.1, 0.15) is 53.4 Å². The molecule has 0 spiro atoms. The van der Waals surface area contributed by atoms with Crippen molar-refractivity contribution in [2.45, 2.75) is 78.0 Å². The van der Waals surface area contributed by atoms with Gasteiger partial charge >= 0.3 is 0 Å². The summed E-state index contributed by atoms with van der Waals surface area (Å²) in [6.07, 6.45) is 0.0253. The molecule has 3 saturated heterocycles. The molecular formula is C19H32F2N2O2. The van der Waals surface area contributed by atoms with Crippen molar-refractivity contribution in [3.63, 3.8) is 0 Å². The predicted molar refractivity (Wildman–Crippen MR) is 92.6 cm³/mol. The van der Waals surface area contributed by atoms with E-state index in [1.54, 1.807) is 13.8 Å². The Morgan fingerprint density at radius 3 is 2.52 bits per heavy atom. The number of hydrogen-bond acceptors (Lipinski definition) is 3. The van der Waals surface area contributed by atoms with Gasteiger partial charge in [0.2, 0.25) is 12.3 Å². The summed E-state index contributed by atoms with van der Waals surface area (Å²) >= 11 is 0. The van der Waals surface area contributed by atoms with Crippen molar-refractivity contribution in [3.05, 3.63) is 0 Å². The number of halogens is 2. The highest BCUT2D eigenvalue weighted by molar-refractivity contribution is 5.78. The summed E-state index contributed by atoms with van der Waals surface area (Å²) in [5, 5.41) is 0. The summed E-state index contributed by atoms with van der Waals surface area (Å²) in [5.41, 5.74) is -0.377. The Hall–Kier alpha value is -0.750. The Bertz CT molecular complexity index is 510. The van der Waals surface area contributed by atoms with Gasteiger partial charge in [0.1, 0.15) is 0 Å². The van der Waals surface area contributed by atoms with Crippen LogP contribution in [-0.2, 0) is 9.53 Å². The fourth-order valence-electron chi connectivity index (χ4n) is 4.74. The number of nitrogens with zero attached hydrogens (tertiary/aromatic N) is 2. The maximum atomic E-state index is 12.7. The van der Waals surface area contributed by atoms with E-state index in [-0.39, 0.29) is 30.2 Å². The third kappa shape index (κ3) is 4.51. The molecule has 0 radical (unpaired) electrons. The second-order valence-electron chi connectivity index (χ2n) is 9.78. The van der Waals surface area contributed by atoms with E-state index in [1.165, 1.54) is 0 Å².